The molecule has 1 aliphatic rings. The lowest BCUT2D eigenvalue weighted by Gasteiger charge is -2.29. The van der Waals surface area contributed by atoms with Crippen molar-refractivity contribution >= 4 is 5.91 Å². The van der Waals surface area contributed by atoms with Crippen molar-refractivity contribution in [1.82, 2.24) is 4.90 Å². The van der Waals surface area contributed by atoms with Gasteiger partial charge < -0.3 is 10.0 Å². The monoisotopic (exact) mass is 185 g/mol. The molecule has 0 aromatic heterocycles. The number of likely N-dealkylation sites (N-methyl/N-ethyl adjacent to an activating group) is 1. The van der Waals surface area contributed by atoms with Crippen molar-refractivity contribution in [3.8, 4) is 0 Å². The highest BCUT2D eigenvalue weighted by Gasteiger charge is 2.39. The largest absolute Gasteiger partial charge is 0.390 e. The summed E-state index contributed by atoms with van der Waals surface area (Å²) in [5.41, 5.74) is 0. The van der Waals surface area contributed by atoms with E-state index in [1.807, 2.05) is 6.92 Å². The van der Waals surface area contributed by atoms with Gasteiger partial charge in [0.1, 0.15) is 0 Å². The smallest absolute Gasteiger partial charge is 0.225 e. The third kappa shape index (κ3) is 1.85. The van der Waals surface area contributed by atoms with Gasteiger partial charge in [-0.25, -0.2) is 0 Å². The lowest BCUT2D eigenvalue weighted by Crippen LogP contribution is -2.41. The second kappa shape index (κ2) is 4.09. The lowest BCUT2D eigenvalue weighted by molar-refractivity contribution is -0.129. The quantitative estimate of drug-likeness (QED) is 0.713. The van der Waals surface area contributed by atoms with Crippen LogP contribution < -0.4 is 0 Å². The van der Waals surface area contributed by atoms with Gasteiger partial charge in [-0.2, -0.15) is 0 Å². The maximum Gasteiger partial charge on any atom is 0.225 e. The summed E-state index contributed by atoms with van der Waals surface area (Å²) in [5.74, 6) is 0.488. The molecule has 0 radical (unpaired) electrons. The summed E-state index contributed by atoms with van der Waals surface area (Å²) in [7, 11) is 0. The SMILES string of the molecule is CCC(C)C1C(O)CC(=O)N1CC. The Morgan fingerprint density at radius 2 is 2.23 bits per heavy atom. The van der Waals surface area contributed by atoms with Gasteiger partial charge in [-0.3, -0.25) is 4.79 Å². The van der Waals surface area contributed by atoms with Crippen LogP contribution in [0.5, 0.6) is 0 Å². The third-order valence-corrected chi connectivity index (χ3v) is 3.03. The summed E-state index contributed by atoms with van der Waals surface area (Å²) in [5, 5.41) is 9.70. The number of rotatable bonds is 3. The fourth-order valence-corrected chi connectivity index (χ4v) is 2.11. The molecule has 0 bridgehead atoms. The van der Waals surface area contributed by atoms with Crippen LogP contribution in [0.2, 0.25) is 0 Å². The van der Waals surface area contributed by atoms with Crippen LogP contribution in [0.25, 0.3) is 0 Å². The topological polar surface area (TPSA) is 40.5 Å². The zero-order chi connectivity index (χ0) is 10.0. The molecule has 1 fully saturated rings. The molecule has 3 heteroatoms. The standard InChI is InChI=1S/C10H19NO2/c1-4-7(3)10-8(12)6-9(13)11(10)5-2/h7-8,10,12H,4-6H2,1-3H3. The van der Waals surface area contributed by atoms with E-state index in [1.165, 1.54) is 0 Å². The molecule has 13 heavy (non-hydrogen) atoms. The Hall–Kier alpha value is -0.570. The molecule has 0 aromatic rings. The third-order valence-electron chi connectivity index (χ3n) is 3.03. The van der Waals surface area contributed by atoms with E-state index in [9.17, 15) is 9.90 Å². The molecule has 1 saturated heterocycles. The number of aliphatic hydroxyl groups excluding tert-OH is 1. The van der Waals surface area contributed by atoms with Crippen molar-refractivity contribution in [3.05, 3.63) is 0 Å². The number of hydrogen-bond donors (Lipinski definition) is 1. The first kappa shape index (κ1) is 10.5. The van der Waals surface area contributed by atoms with E-state index in [0.717, 1.165) is 6.42 Å². The van der Waals surface area contributed by atoms with Gasteiger partial charge in [-0.05, 0) is 12.8 Å². The average Bonchev–Trinajstić information content (AvgIpc) is 2.39. The van der Waals surface area contributed by atoms with Gasteiger partial charge in [0.25, 0.3) is 0 Å². The van der Waals surface area contributed by atoms with Crippen molar-refractivity contribution in [2.45, 2.75) is 45.8 Å². The van der Waals surface area contributed by atoms with Crippen LogP contribution in [0.1, 0.15) is 33.6 Å². The fraction of sp³-hybridized carbons (Fsp3) is 0.900. The Morgan fingerprint density at radius 3 is 2.69 bits per heavy atom. The first-order valence-electron chi connectivity index (χ1n) is 5.09. The summed E-state index contributed by atoms with van der Waals surface area (Å²) >= 11 is 0. The molecule has 3 nitrogen and oxygen atoms in total. The highest BCUT2D eigenvalue weighted by Crippen LogP contribution is 2.26. The highest BCUT2D eigenvalue weighted by atomic mass is 16.3. The summed E-state index contributed by atoms with van der Waals surface area (Å²) in [6.07, 6.45) is 0.858. The molecule has 0 aromatic carbocycles. The van der Waals surface area contributed by atoms with Crippen LogP contribution in [-0.4, -0.2) is 34.6 Å². The minimum atomic E-state index is -0.456. The second-order valence-electron chi connectivity index (χ2n) is 3.83. The van der Waals surface area contributed by atoms with Gasteiger partial charge in [-0.15, -0.1) is 0 Å². The van der Waals surface area contributed by atoms with E-state index >= 15 is 0 Å². The first-order chi connectivity index (χ1) is 6.11. The van der Waals surface area contributed by atoms with Gasteiger partial charge in [0.05, 0.1) is 18.6 Å². The number of carbonyl (C=O) groups excluding carboxylic acids is 1. The minimum absolute atomic E-state index is 0.0440. The van der Waals surface area contributed by atoms with Crippen LogP contribution in [-0.2, 0) is 4.79 Å². The second-order valence-corrected chi connectivity index (χ2v) is 3.83. The average molecular weight is 185 g/mol. The van der Waals surface area contributed by atoms with Gasteiger partial charge in [0.2, 0.25) is 5.91 Å². The molecule has 0 spiro atoms. The molecule has 1 heterocycles. The van der Waals surface area contributed by atoms with Crippen LogP contribution in [0.15, 0.2) is 0 Å². The van der Waals surface area contributed by atoms with Crippen LogP contribution in [0.4, 0.5) is 0 Å². The number of carbonyl (C=O) groups is 1. The van der Waals surface area contributed by atoms with Crippen LogP contribution in [0.3, 0.4) is 0 Å². The predicted molar refractivity (Wildman–Crippen MR) is 51.3 cm³/mol. The molecule has 0 saturated carbocycles. The summed E-state index contributed by atoms with van der Waals surface area (Å²) in [6, 6.07) is 0.0440. The number of likely N-dealkylation sites (tertiary alicyclic amines) is 1. The van der Waals surface area contributed by atoms with Crippen LogP contribution >= 0.6 is 0 Å². The molecule has 1 rings (SSSR count). The van der Waals surface area contributed by atoms with Gasteiger partial charge in [0, 0.05) is 6.54 Å². The minimum Gasteiger partial charge on any atom is -0.390 e. The molecule has 1 N–H and O–H groups in total. The molecule has 76 valence electrons. The highest BCUT2D eigenvalue weighted by molar-refractivity contribution is 5.79. The zero-order valence-electron chi connectivity index (χ0n) is 8.66. The van der Waals surface area contributed by atoms with Gasteiger partial charge in [0.15, 0.2) is 0 Å². The summed E-state index contributed by atoms with van der Waals surface area (Å²) in [6.45, 7) is 6.86. The van der Waals surface area contributed by atoms with E-state index in [4.69, 9.17) is 0 Å². The predicted octanol–water partition coefficient (Wildman–Crippen LogP) is 1.01. The lowest BCUT2D eigenvalue weighted by atomic mass is 9.95. The van der Waals surface area contributed by atoms with E-state index in [-0.39, 0.29) is 11.9 Å². The Labute approximate surface area is 79.7 Å². The number of amides is 1. The maximum absolute atomic E-state index is 11.4. The molecule has 3 atom stereocenters. The van der Waals surface area contributed by atoms with Crippen molar-refractivity contribution < 1.29 is 9.90 Å². The van der Waals surface area contributed by atoms with Crippen molar-refractivity contribution in [2.75, 3.05) is 6.54 Å². The summed E-state index contributed by atoms with van der Waals surface area (Å²) < 4.78 is 0. The van der Waals surface area contributed by atoms with Crippen molar-refractivity contribution in [3.63, 3.8) is 0 Å². The Balaban J connectivity index is 2.74. The number of hydrogen-bond acceptors (Lipinski definition) is 2. The van der Waals surface area contributed by atoms with E-state index < -0.39 is 6.10 Å². The Kier molecular flexibility index (Phi) is 3.31. The first-order valence-corrected chi connectivity index (χ1v) is 5.09. The number of aliphatic hydroxyl groups is 1. The van der Waals surface area contributed by atoms with Crippen molar-refractivity contribution in [2.24, 2.45) is 5.92 Å². The van der Waals surface area contributed by atoms with Gasteiger partial charge in [-0.1, -0.05) is 20.3 Å². The maximum atomic E-state index is 11.4. The van der Waals surface area contributed by atoms with E-state index in [0.29, 0.717) is 18.9 Å². The zero-order valence-corrected chi connectivity index (χ0v) is 8.66. The molecular formula is C10H19NO2. The van der Waals surface area contributed by atoms with Crippen molar-refractivity contribution in [1.29, 1.82) is 0 Å². The fourth-order valence-electron chi connectivity index (χ4n) is 2.11. The molecular weight excluding hydrogens is 166 g/mol. The Bertz CT molecular complexity index is 193. The molecule has 3 unspecified atom stereocenters. The molecule has 1 aliphatic heterocycles. The van der Waals surface area contributed by atoms with E-state index in [1.54, 1.807) is 4.90 Å². The van der Waals surface area contributed by atoms with Crippen LogP contribution in [0, 0.1) is 5.92 Å². The normalized spacial score (nSPS) is 31.1. The summed E-state index contributed by atoms with van der Waals surface area (Å²) in [4.78, 5) is 13.2. The van der Waals surface area contributed by atoms with E-state index in [2.05, 4.69) is 13.8 Å². The number of nitrogens with zero attached hydrogens (tertiary/aromatic N) is 1. The Morgan fingerprint density at radius 1 is 1.62 bits per heavy atom. The van der Waals surface area contributed by atoms with Gasteiger partial charge >= 0.3 is 0 Å². The molecule has 1 amide bonds. The molecule has 0 aliphatic carbocycles.